The van der Waals surface area contributed by atoms with Gasteiger partial charge in [-0.2, -0.15) is 4.31 Å². The molecule has 156 valence electrons. The largest absolute Gasteiger partial charge is 0.355 e. The van der Waals surface area contributed by atoms with E-state index in [4.69, 9.17) is 0 Å². The molecule has 0 unspecified atom stereocenters. The maximum absolute atomic E-state index is 12.5. The molecular weight excluding hydrogens is 404 g/mol. The average Bonchev–Trinajstić information content (AvgIpc) is 3.27. The molecule has 29 heavy (non-hydrogen) atoms. The summed E-state index contributed by atoms with van der Waals surface area (Å²) in [6.07, 6.45) is 2.85. The van der Waals surface area contributed by atoms with Crippen LogP contribution in [0.4, 0.5) is 0 Å². The predicted molar refractivity (Wildman–Crippen MR) is 118 cm³/mol. The van der Waals surface area contributed by atoms with Gasteiger partial charge in [0.15, 0.2) is 0 Å². The van der Waals surface area contributed by atoms with Crippen molar-refractivity contribution in [3.63, 3.8) is 0 Å². The van der Waals surface area contributed by atoms with Gasteiger partial charge in [0.05, 0.1) is 4.90 Å². The van der Waals surface area contributed by atoms with Crippen molar-refractivity contribution >= 4 is 27.7 Å². The van der Waals surface area contributed by atoms with Crippen LogP contribution in [0.3, 0.4) is 0 Å². The third-order valence-corrected chi connectivity index (χ3v) is 7.91. The van der Waals surface area contributed by atoms with Gasteiger partial charge in [0.25, 0.3) is 0 Å². The molecule has 0 aliphatic carbocycles. The minimum Gasteiger partial charge on any atom is -0.355 e. The van der Waals surface area contributed by atoms with Gasteiger partial charge in [-0.15, -0.1) is 11.8 Å². The van der Waals surface area contributed by atoms with Crippen LogP contribution in [0.2, 0.25) is 0 Å². The molecule has 0 saturated carbocycles. The lowest BCUT2D eigenvalue weighted by Gasteiger charge is -2.15. The summed E-state index contributed by atoms with van der Waals surface area (Å²) in [5.41, 5.74) is 2.21. The first-order valence-electron chi connectivity index (χ1n) is 10.0. The van der Waals surface area contributed by atoms with Gasteiger partial charge in [0.2, 0.25) is 15.9 Å². The third-order valence-electron chi connectivity index (χ3n) is 4.98. The molecule has 1 N–H and O–H groups in total. The molecule has 0 radical (unpaired) electrons. The number of hydrogen-bond acceptors (Lipinski definition) is 4. The number of sulfonamides is 1. The Labute approximate surface area is 177 Å². The Morgan fingerprint density at radius 2 is 1.69 bits per heavy atom. The van der Waals surface area contributed by atoms with Crippen molar-refractivity contribution in [1.82, 2.24) is 9.62 Å². The van der Waals surface area contributed by atoms with Crippen LogP contribution in [0.15, 0.2) is 58.3 Å². The summed E-state index contributed by atoms with van der Waals surface area (Å²) in [5.74, 6) is 0.848. The van der Waals surface area contributed by atoms with Gasteiger partial charge < -0.3 is 5.32 Å². The van der Waals surface area contributed by atoms with Gasteiger partial charge in [-0.25, -0.2) is 8.42 Å². The number of carbonyl (C=O) groups excluding carboxylic acids is 1. The van der Waals surface area contributed by atoms with Gasteiger partial charge in [-0.05, 0) is 56.0 Å². The van der Waals surface area contributed by atoms with Crippen molar-refractivity contribution in [3.05, 3.63) is 59.7 Å². The van der Waals surface area contributed by atoms with E-state index in [1.807, 2.05) is 12.1 Å². The highest BCUT2D eigenvalue weighted by Crippen LogP contribution is 2.21. The molecule has 1 aliphatic heterocycles. The summed E-state index contributed by atoms with van der Waals surface area (Å²) in [5, 5.41) is 2.94. The van der Waals surface area contributed by atoms with E-state index < -0.39 is 10.0 Å². The average molecular weight is 433 g/mol. The highest BCUT2D eigenvalue weighted by molar-refractivity contribution is 7.99. The van der Waals surface area contributed by atoms with E-state index in [-0.39, 0.29) is 5.91 Å². The molecule has 0 atom stereocenters. The van der Waals surface area contributed by atoms with Crippen LogP contribution < -0.4 is 5.32 Å². The van der Waals surface area contributed by atoms with E-state index in [9.17, 15) is 13.2 Å². The topological polar surface area (TPSA) is 66.5 Å². The van der Waals surface area contributed by atoms with E-state index in [0.717, 1.165) is 24.2 Å². The molecule has 1 aliphatic rings. The SMILES string of the molecule is Cc1ccc(SCCNC(=O)CCc2ccc(S(=O)(=O)N3CCCC3)cc2)cc1. The van der Waals surface area contributed by atoms with Gasteiger partial charge in [-0.3, -0.25) is 4.79 Å². The fourth-order valence-corrected chi connectivity index (χ4v) is 5.53. The number of carbonyl (C=O) groups is 1. The number of hydrogen-bond donors (Lipinski definition) is 1. The molecule has 0 aromatic heterocycles. The number of aryl methyl sites for hydroxylation is 2. The van der Waals surface area contributed by atoms with Crippen LogP contribution in [0.1, 0.15) is 30.4 Å². The normalized spacial score (nSPS) is 14.8. The zero-order valence-corrected chi connectivity index (χ0v) is 18.4. The number of benzene rings is 2. The fourth-order valence-electron chi connectivity index (χ4n) is 3.25. The zero-order valence-electron chi connectivity index (χ0n) is 16.8. The standard InChI is InChI=1S/C22H28N2O3S2/c1-18-4-9-20(10-5-18)28-17-14-23-22(25)13-8-19-6-11-21(12-7-19)29(26,27)24-15-2-3-16-24/h4-7,9-12H,2-3,8,13-17H2,1H3,(H,23,25). The second-order valence-electron chi connectivity index (χ2n) is 7.27. The third kappa shape index (κ3) is 6.32. The van der Waals surface area contributed by atoms with Crippen molar-refractivity contribution in [1.29, 1.82) is 0 Å². The molecular formula is C22H28N2O3S2. The molecule has 1 fully saturated rings. The first kappa shape index (κ1) is 21.9. The first-order chi connectivity index (χ1) is 13.9. The van der Waals surface area contributed by atoms with Crippen LogP contribution in [0.5, 0.6) is 0 Å². The highest BCUT2D eigenvalue weighted by atomic mass is 32.2. The minimum atomic E-state index is -3.38. The van der Waals surface area contributed by atoms with Gasteiger partial charge in [0, 0.05) is 36.7 Å². The summed E-state index contributed by atoms with van der Waals surface area (Å²) in [6, 6.07) is 15.3. The molecule has 1 heterocycles. The summed E-state index contributed by atoms with van der Waals surface area (Å²) >= 11 is 1.72. The van der Waals surface area contributed by atoms with E-state index in [1.54, 1.807) is 28.2 Å². The molecule has 1 saturated heterocycles. The maximum Gasteiger partial charge on any atom is 0.243 e. The number of amides is 1. The molecule has 5 nitrogen and oxygen atoms in total. The lowest BCUT2D eigenvalue weighted by molar-refractivity contribution is -0.120. The second-order valence-corrected chi connectivity index (χ2v) is 10.4. The van der Waals surface area contributed by atoms with Crippen molar-refractivity contribution in [2.24, 2.45) is 0 Å². The second kappa shape index (κ2) is 10.3. The summed E-state index contributed by atoms with van der Waals surface area (Å²) in [6.45, 7) is 3.90. The van der Waals surface area contributed by atoms with Crippen molar-refractivity contribution in [3.8, 4) is 0 Å². The summed E-state index contributed by atoms with van der Waals surface area (Å²) in [7, 11) is -3.38. The number of nitrogens with one attached hydrogen (secondary N) is 1. The van der Waals surface area contributed by atoms with Crippen LogP contribution in [-0.4, -0.2) is 44.0 Å². The maximum atomic E-state index is 12.5. The van der Waals surface area contributed by atoms with Crippen LogP contribution in [-0.2, 0) is 21.2 Å². The van der Waals surface area contributed by atoms with Gasteiger partial charge >= 0.3 is 0 Å². The Hall–Kier alpha value is -1.83. The number of rotatable bonds is 9. The van der Waals surface area contributed by atoms with Gasteiger partial charge in [-0.1, -0.05) is 29.8 Å². The quantitative estimate of drug-likeness (QED) is 0.485. The number of nitrogens with zero attached hydrogens (tertiary/aromatic N) is 1. The Kier molecular flexibility index (Phi) is 7.75. The molecule has 7 heteroatoms. The smallest absolute Gasteiger partial charge is 0.243 e. The Morgan fingerprint density at radius 3 is 2.34 bits per heavy atom. The van der Waals surface area contributed by atoms with Crippen LogP contribution >= 0.6 is 11.8 Å². The monoisotopic (exact) mass is 432 g/mol. The summed E-state index contributed by atoms with van der Waals surface area (Å²) in [4.78, 5) is 13.6. The predicted octanol–water partition coefficient (Wildman–Crippen LogP) is 3.62. The van der Waals surface area contributed by atoms with Crippen molar-refractivity contribution in [2.75, 3.05) is 25.4 Å². The zero-order chi connectivity index (χ0) is 20.7. The first-order valence-corrected chi connectivity index (χ1v) is 12.4. The summed E-state index contributed by atoms with van der Waals surface area (Å²) < 4.78 is 26.6. The molecule has 0 bridgehead atoms. The van der Waals surface area contributed by atoms with E-state index in [0.29, 0.717) is 37.4 Å². The highest BCUT2D eigenvalue weighted by Gasteiger charge is 2.26. The molecule has 0 spiro atoms. The Balaban J connectivity index is 1.39. The van der Waals surface area contributed by atoms with Crippen LogP contribution in [0, 0.1) is 6.92 Å². The minimum absolute atomic E-state index is 0.0169. The molecule has 3 rings (SSSR count). The Morgan fingerprint density at radius 1 is 1.03 bits per heavy atom. The van der Waals surface area contributed by atoms with E-state index in [1.165, 1.54) is 10.5 Å². The van der Waals surface area contributed by atoms with E-state index in [2.05, 4.69) is 36.5 Å². The van der Waals surface area contributed by atoms with Crippen molar-refractivity contribution < 1.29 is 13.2 Å². The Bertz CT molecular complexity index is 904. The van der Waals surface area contributed by atoms with Crippen LogP contribution in [0.25, 0.3) is 0 Å². The molecule has 2 aromatic carbocycles. The number of thioether (sulfide) groups is 1. The fraction of sp³-hybridized carbons (Fsp3) is 0.409. The molecule has 2 aromatic rings. The van der Waals surface area contributed by atoms with E-state index >= 15 is 0 Å². The molecule has 1 amide bonds. The lowest BCUT2D eigenvalue weighted by atomic mass is 10.1. The van der Waals surface area contributed by atoms with Gasteiger partial charge in [0.1, 0.15) is 0 Å². The lowest BCUT2D eigenvalue weighted by Crippen LogP contribution is -2.27. The van der Waals surface area contributed by atoms with Crippen molar-refractivity contribution in [2.45, 2.75) is 42.4 Å².